The number of hydrogen-bond acceptors (Lipinski definition) is 10. The lowest BCUT2D eigenvalue weighted by Gasteiger charge is -2.27. The Labute approximate surface area is 292 Å². The number of benzene rings is 2. The lowest BCUT2D eigenvalue weighted by Crippen LogP contribution is -2.38. The van der Waals surface area contributed by atoms with Crippen LogP contribution >= 0.6 is 0 Å². The number of amides is 4. The van der Waals surface area contributed by atoms with Crippen LogP contribution in [0.1, 0.15) is 60.2 Å². The Morgan fingerprint density at radius 1 is 1.02 bits per heavy atom. The van der Waals surface area contributed by atoms with E-state index in [9.17, 15) is 19.2 Å². The van der Waals surface area contributed by atoms with Crippen LogP contribution in [0.5, 0.6) is 0 Å². The molecular weight excluding hydrogens is 656 g/mol. The van der Waals surface area contributed by atoms with Crippen LogP contribution in [0.2, 0.25) is 0 Å². The average Bonchev–Trinajstić information content (AvgIpc) is 3.60. The van der Waals surface area contributed by atoms with Crippen LogP contribution in [-0.4, -0.2) is 55.9 Å². The van der Waals surface area contributed by atoms with Gasteiger partial charge in [-0.1, -0.05) is 30.3 Å². The number of rotatable bonds is 11. The molecule has 0 atom stereocenters. The van der Waals surface area contributed by atoms with Crippen molar-refractivity contribution in [3.8, 4) is 17.1 Å². The number of pyridine rings is 1. The summed E-state index contributed by atoms with van der Waals surface area (Å²) in [5.74, 6) is -0.702. The third-order valence-electron chi connectivity index (χ3n) is 7.54. The van der Waals surface area contributed by atoms with Gasteiger partial charge in [-0.15, -0.1) is 0 Å². The van der Waals surface area contributed by atoms with Gasteiger partial charge in [0.1, 0.15) is 24.3 Å². The fraction of sp³-hybridized carbons (Fsp3) is 0.250. The first-order valence-electron chi connectivity index (χ1n) is 16.1. The van der Waals surface area contributed by atoms with Crippen molar-refractivity contribution in [1.29, 1.82) is 0 Å². The Morgan fingerprint density at radius 3 is 2.45 bits per heavy atom. The van der Waals surface area contributed by atoms with Crippen LogP contribution in [0.25, 0.3) is 17.1 Å². The highest BCUT2D eigenvalue weighted by molar-refractivity contribution is 6.07. The second-order valence-electron chi connectivity index (χ2n) is 12.9. The van der Waals surface area contributed by atoms with E-state index in [0.29, 0.717) is 35.2 Å². The molecule has 1 saturated carbocycles. The summed E-state index contributed by atoms with van der Waals surface area (Å²) in [6.45, 7) is 5.98. The third kappa shape index (κ3) is 8.94. The average molecular weight is 693 g/mol. The second-order valence-corrected chi connectivity index (χ2v) is 12.9. The molecule has 0 aliphatic heterocycles. The molecule has 0 radical (unpaired) electrons. The van der Waals surface area contributed by atoms with E-state index in [-0.39, 0.29) is 29.6 Å². The Hall–Kier alpha value is -6.51. The number of aromatic nitrogens is 4. The molecule has 5 aromatic rings. The molecular formula is C36H36N8O7. The van der Waals surface area contributed by atoms with Crippen molar-refractivity contribution < 1.29 is 33.1 Å². The van der Waals surface area contributed by atoms with Crippen molar-refractivity contribution in [3.63, 3.8) is 0 Å². The molecule has 3 heterocycles. The molecule has 1 aliphatic carbocycles. The quantitative estimate of drug-likeness (QED) is 0.144. The molecule has 0 spiro atoms. The summed E-state index contributed by atoms with van der Waals surface area (Å²) in [5.41, 5.74) is 6.99. The SMILES string of the molecule is CC(C)(C)OC(=O)N(CC1CC1)c1cc(-c2nc(C(=O)Nc3cn(-c4ccc(NC(=O)OCc5ccccc5)cc4)nc3C(N)=O)co2)ccn1. The van der Waals surface area contributed by atoms with E-state index in [1.807, 2.05) is 30.3 Å². The number of nitrogens with zero attached hydrogens (tertiary/aromatic N) is 5. The number of oxazole rings is 1. The fourth-order valence-corrected chi connectivity index (χ4v) is 4.89. The van der Waals surface area contributed by atoms with Gasteiger partial charge in [0.25, 0.3) is 11.8 Å². The van der Waals surface area contributed by atoms with E-state index >= 15 is 0 Å². The van der Waals surface area contributed by atoms with Gasteiger partial charge in [0.2, 0.25) is 5.89 Å². The van der Waals surface area contributed by atoms with E-state index in [2.05, 4.69) is 25.7 Å². The summed E-state index contributed by atoms with van der Waals surface area (Å²) in [6, 6.07) is 19.1. The van der Waals surface area contributed by atoms with Crippen LogP contribution < -0.4 is 21.3 Å². The smallest absolute Gasteiger partial charge is 0.416 e. The molecule has 3 aromatic heterocycles. The number of primary amides is 1. The van der Waals surface area contributed by atoms with Crippen LogP contribution in [0.4, 0.5) is 26.8 Å². The van der Waals surface area contributed by atoms with E-state index in [1.54, 1.807) is 57.2 Å². The number of nitrogens with two attached hydrogens (primary N) is 1. The molecule has 15 heteroatoms. The first-order valence-corrected chi connectivity index (χ1v) is 16.1. The normalized spacial score (nSPS) is 12.5. The first kappa shape index (κ1) is 34.4. The molecule has 1 aliphatic rings. The van der Waals surface area contributed by atoms with Crippen molar-refractivity contribution in [1.82, 2.24) is 19.7 Å². The Morgan fingerprint density at radius 2 is 1.76 bits per heavy atom. The lowest BCUT2D eigenvalue weighted by molar-refractivity contribution is 0.0577. The largest absolute Gasteiger partial charge is 0.444 e. The van der Waals surface area contributed by atoms with Crippen molar-refractivity contribution in [2.75, 3.05) is 22.1 Å². The zero-order valence-corrected chi connectivity index (χ0v) is 28.2. The number of anilines is 3. The number of ether oxygens (including phenoxy) is 2. The summed E-state index contributed by atoms with van der Waals surface area (Å²) in [7, 11) is 0. The summed E-state index contributed by atoms with van der Waals surface area (Å²) in [4.78, 5) is 61.0. The predicted octanol–water partition coefficient (Wildman–Crippen LogP) is 6.17. The number of nitrogens with one attached hydrogen (secondary N) is 2. The van der Waals surface area contributed by atoms with Gasteiger partial charge in [-0.2, -0.15) is 5.10 Å². The monoisotopic (exact) mass is 692 g/mol. The molecule has 4 amide bonds. The number of carbonyl (C=O) groups is 4. The molecule has 0 bridgehead atoms. The highest BCUT2D eigenvalue weighted by Crippen LogP contribution is 2.33. The zero-order valence-electron chi connectivity index (χ0n) is 28.2. The van der Waals surface area contributed by atoms with Crippen LogP contribution in [-0.2, 0) is 16.1 Å². The molecule has 262 valence electrons. The molecule has 6 rings (SSSR count). The topological polar surface area (TPSA) is 197 Å². The molecule has 1 fully saturated rings. The highest BCUT2D eigenvalue weighted by Gasteiger charge is 2.31. The van der Waals surface area contributed by atoms with Gasteiger partial charge in [0, 0.05) is 24.0 Å². The summed E-state index contributed by atoms with van der Waals surface area (Å²) >= 11 is 0. The maximum atomic E-state index is 13.2. The minimum Gasteiger partial charge on any atom is -0.444 e. The molecule has 0 unspecified atom stereocenters. The lowest BCUT2D eigenvalue weighted by atomic mass is 10.2. The van der Waals surface area contributed by atoms with E-state index in [4.69, 9.17) is 19.6 Å². The van der Waals surface area contributed by atoms with Crippen molar-refractivity contribution in [3.05, 3.63) is 102 Å². The fourth-order valence-electron chi connectivity index (χ4n) is 4.89. The van der Waals surface area contributed by atoms with Gasteiger partial charge < -0.3 is 24.9 Å². The Bertz CT molecular complexity index is 2050. The van der Waals surface area contributed by atoms with Gasteiger partial charge in [0.15, 0.2) is 11.4 Å². The maximum absolute atomic E-state index is 13.2. The minimum absolute atomic E-state index is 0.0445. The summed E-state index contributed by atoms with van der Waals surface area (Å²) < 4.78 is 17.8. The third-order valence-corrected chi connectivity index (χ3v) is 7.54. The molecule has 15 nitrogen and oxygen atoms in total. The van der Waals surface area contributed by atoms with Gasteiger partial charge in [-0.25, -0.2) is 24.2 Å². The van der Waals surface area contributed by atoms with E-state index < -0.39 is 29.6 Å². The molecule has 0 saturated heterocycles. The standard InChI is InChI=1S/C36H36N8O7/c1-36(2,3)51-35(48)43(18-22-9-10-22)29-17-24(15-16-38-29)33-41-28(21-49-33)32(46)40-27-19-44(42-30(27)31(37)45)26-13-11-25(12-14-26)39-34(47)50-20-23-7-5-4-6-8-23/h4-8,11-17,19,21-22H,9-10,18,20H2,1-3H3,(H2,37,45)(H,39,47)(H,40,46). The summed E-state index contributed by atoms with van der Waals surface area (Å²) in [6.07, 6.45) is 5.03. The number of hydrogen-bond donors (Lipinski definition) is 3. The summed E-state index contributed by atoms with van der Waals surface area (Å²) in [5, 5.41) is 9.52. The van der Waals surface area contributed by atoms with Gasteiger partial charge >= 0.3 is 12.2 Å². The van der Waals surface area contributed by atoms with Gasteiger partial charge in [-0.05, 0) is 81.5 Å². The van der Waals surface area contributed by atoms with Crippen molar-refractivity contribution in [2.45, 2.75) is 45.8 Å². The predicted molar refractivity (Wildman–Crippen MR) is 186 cm³/mol. The van der Waals surface area contributed by atoms with Crippen molar-refractivity contribution >= 4 is 41.2 Å². The van der Waals surface area contributed by atoms with E-state index in [1.165, 1.54) is 28.2 Å². The molecule has 2 aromatic carbocycles. The number of carbonyl (C=O) groups excluding carboxylic acids is 4. The van der Waals surface area contributed by atoms with E-state index in [0.717, 1.165) is 18.4 Å². The van der Waals surface area contributed by atoms with Crippen molar-refractivity contribution in [2.24, 2.45) is 11.7 Å². The van der Waals surface area contributed by atoms with Crippen LogP contribution in [0.3, 0.4) is 0 Å². The molecule has 51 heavy (non-hydrogen) atoms. The Kier molecular flexibility index (Phi) is 9.79. The maximum Gasteiger partial charge on any atom is 0.416 e. The van der Waals surface area contributed by atoms with Gasteiger partial charge in [-0.3, -0.25) is 19.8 Å². The zero-order chi connectivity index (χ0) is 36.1. The highest BCUT2D eigenvalue weighted by atomic mass is 16.6. The second kappa shape index (κ2) is 14.5. The minimum atomic E-state index is -0.866. The van der Waals surface area contributed by atoms with Crippen LogP contribution in [0.15, 0.2) is 89.8 Å². The van der Waals surface area contributed by atoms with Gasteiger partial charge in [0.05, 0.1) is 17.6 Å². The van der Waals surface area contributed by atoms with Crippen LogP contribution in [0, 0.1) is 5.92 Å². The first-order chi connectivity index (χ1) is 24.4. The molecule has 4 N–H and O–H groups in total. The Balaban J connectivity index is 1.13.